The van der Waals surface area contributed by atoms with E-state index in [0.29, 0.717) is 11.1 Å². The first kappa shape index (κ1) is 14.7. The largest absolute Gasteiger partial charge is 0.103 e. The molecule has 0 atom stereocenters. The lowest BCUT2D eigenvalue weighted by molar-refractivity contribution is 1.38. The van der Waals surface area contributed by atoms with Crippen molar-refractivity contribution in [2.75, 3.05) is 0 Å². The number of benzene rings is 1. The van der Waals surface area contributed by atoms with E-state index in [0.717, 1.165) is 0 Å². The second-order valence-electron chi connectivity index (χ2n) is 4.50. The monoisotopic (exact) mass is 270 g/mol. The lowest BCUT2D eigenvalue weighted by Crippen LogP contribution is -2.23. The first-order valence-corrected chi connectivity index (χ1v) is 9.36. The van der Waals surface area contributed by atoms with Gasteiger partial charge in [0.1, 0.15) is 0 Å². The summed E-state index contributed by atoms with van der Waals surface area (Å²) in [5, 5.41) is 2.96. The topological polar surface area (TPSA) is 0 Å². The van der Waals surface area contributed by atoms with Gasteiger partial charge in [0.15, 0.2) is 0 Å². The second-order valence-corrected chi connectivity index (χ2v) is 8.83. The molecular weight excluding hydrogens is 248 g/mol. The fourth-order valence-electron chi connectivity index (χ4n) is 1.88. The minimum atomic E-state index is -0.312. The Kier molecular flexibility index (Phi) is 6.40. The van der Waals surface area contributed by atoms with Crippen LogP contribution in [0.4, 0.5) is 0 Å². The van der Waals surface area contributed by atoms with Crippen LogP contribution in [0.15, 0.2) is 74.9 Å². The molecule has 0 N–H and O–H groups in total. The maximum Gasteiger partial charge on any atom is 0.0663 e. The second kappa shape index (κ2) is 7.85. The van der Waals surface area contributed by atoms with E-state index in [4.69, 9.17) is 0 Å². The molecule has 0 spiro atoms. The van der Waals surface area contributed by atoms with Crippen LogP contribution in [0.25, 0.3) is 0 Å². The Morgan fingerprint density at radius 3 is 1.17 bits per heavy atom. The quantitative estimate of drug-likeness (QED) is 0.497. The average Bonchev–Trinajstić information content (AvgIpc) is 2.43. The van der Waals surface area contributed by atoms with Crippen molar-refractivity contribution in [2.45, 2.75) is 11.1 Å². The molecule has 94 valence electrons. The van der Waals surface area contributed by atoms with Crippen LogP contribution in [-0.2, 0) is 0 Å². The maximum atomic E-state index is 3.86. The summed E-state index contributed by atoms with van der Waals surface area (Å²) in [4.78, 5) is 0. The summed E-state index contributed by atoms with van der Waals surface area (Å²) in [5.41, 5.74) is 1.00. The van der Waals surface area contributed by atoms with Gasteiger partial charge >= 0.3 is 0 Å². The summed E-state index contributed by atoms with van der Waals surface area (Å²) in [6.07, 6.45) is 8.03. The molecule has 18 heavy (non-hydrogen) atoms. The van der Waals surface area contributed by atoms with Crippen molar-refractivity contribution in [3.8, 4) is 0 Å². The van der Waals surface area contributed by atoms with Gasteiger partial charge in [-0.2, -0.15) is 0 Å². The molecule has 1 aromatic rings. The van der Waals surface area contributed by atoms with Crippen LogP contribution in [-0.4, -0.2) is 19.0 Å². The third-order valence-corrected chi connectivity index (χ3v) is 7.34. The Morgan fingerprint density at radius 2 is 0.944 bits per heavy atom. The van der Waals surface area contributed by atoms with Crippen LogP contribution in [0.1, 0.15) is 0 Å². The third-order valence-electron chi connectivity index (χ3n) is 3.18. The van der Waals surface area contributed by atoms with Crippen molar-refractivity contribution in [3.63, 3.8) is 0 Å². The summed E-state index contributed by atoms with van der Waals surface area (Å²) in [5.74, 6) is 0. The minimum Gasteiger partial charge on any atom is -0.103 e. The summed E-state index contributed by atoms with van der Waals surface area (Å²) in [6.45, 7) is 15.4. The van der Waals surface area contributed by atoms with Crippen molar-refractivity contribution in [1.29, 1.82) is 0 Å². The van der Waals surface area contributed by atoms with Crippen molar-refractivity contribution < 1.29 is 0 Å². The van der Waals surface area contributed by atoms with Gasteiger partial charge in [-0.25, -0.2) is 0 Å². The van der Waals surface area contributed by atoms with Crippen LogP contribution < -0.4 is 10.4 Å². The predicted octanol–water partition coefficient (Wildman–Crippen LogP) is 1.60. The molecule has 2 heteroatoms. The third kappa shape index (κ3) is 4.47. The Hall–Kier alpha value is -1.39. The first-order valence-electron chi connectivity index (χ1n) is 6.31. The van der Waals surface area contributed by atoms with Crippen LogP contribution in [0.2, 0.25) is 11.1 Å². The summed E-state index contributed by atoms with van der Waals surface area (Å²) in [6, 6.07) is 9.10. The molecule has 0 unspecified atom stereocenters. The van der Waals surface area contributed by atoms with E-state index in [9.17, 15) is 0 Å². The molecule has 1 rings (SSSR count). The van der Waals surface area contributed by atoms with E-state index in [1.807, 2.05) is 24.3 Å². The predicted molar refractivity (Wildman–Crippen MR) is 91.1 cm³/mol. The van der Waals surface area contributed by atoms with Gasteiger partial charge in [-0.3, -0.25) is 0 Å². The highest BCUT2D eigenvalue weighted by Gasteiger charge is 2.04. The average molecular weight is 271 g/mol. The molecule has 0 aliphatic heterocycles. The van der Waals surface area contributed by atoms with Gasteiger partial charge in [0, 0.05) is 0 Å². The number of hydrogen-bond donors (Lipinski definition) is 0. The minimum absolute atomic E-state index is 0.312. The van der Waals surface area contributed by atoms with Crippen molar-refractivity contribution in [3.05, 3.63) is 74.9 Å². The zero-order chi connectivity index (χ0) is 13.4. The van der Waals surface area contributed by atoms with Gasteiger partial charge in [-0.1, -0.05) is 58.9 Å². The molecule has 0 aliphatic carbocycles. The lowest BCUT2D eigenvalue weighted by Gasteiger charge is -2.09. The van der Waals surface area contributed by atoms with E-state index in [1.54, 1.807) is 0 Å². The molecule has 0 amide bonds. The molecule has 0 fully saturated rings. The van der Waals surface area contributed by atoms with E-state index in [-0.39, 0.29) is 19.0 Å². The fourth-order valence-corrected chi connectivity index (χ4v) is 4.65. The smallest absolute Gasteiger partial charge is 0.0663 e. The normalized spacial score (nSPS) is 11.7. The van der Waals surface area contributed by atoms with Gasteiger partial charge in [0.05, 0.1) is 19.0 Å². The molecule has 0 nitrogen and oxygen atoms in total. The Labute approximate surface area is 115 Å². The van der Waals surface area contributed by atoms with E-state index in [1.165, 1.54) is 10.4 Å². The molecule has 0 saturated heterocycles. The Balaban J connectivity index is 2.67. The maximum absolute atomic E-state index is 3.86. The molecule has 1 aromatic carbocycles. The molecule has 0 aromatic heterocycles. The Morgan fingerprint density at radius 1 is 0.667 bits per heavy atom. The Bertz CT molecular complexity index is 360. The summed E-state index contributed by atoms with van der Waals surface area (Å²) in [7, 11) is -0.624. The van der Waals surface area contributed by atoms with Crippen LogP contribution in [0.5, 0.6) is 0 Å². The molecule has 0 radical (unpaired) electrons. The molecule has 0 heterocycles. The van der Waals surface area contributed by atoms with Gasteiger partial charge < -0.3 is 0 Å². The zero-order valence-corrected chi connectivity index (χ0v) is 13.8. The fraction of sp³-hybridized carbons (Fsp3) is 0.125. The molecule has 0 aliphatic rings. The molecular formula is C16H22Si2. The van der Waals surface area contributed by atoms with E-state index < -0.39 is 0 Å². The van der Waals surface area contributed by atoms with Crippen LogP contribution in [0, 0.1) is 0 Å². The standard InChI is InChI=1S/C16H22Si2/c1-5-13(6-2)17-15-9-11-16(12-10-15)18-14(7-3)8-4/h5-14H,1-4,17-18H2. The number of rotatable bonds is 8. The van der Waals surface area contributed by atoms with Gasteiger partial charge in [-0.15, -0.1) is 26.3 Å². The number of allylic oxidation sites excluding steroid dienone is 4. The highest BCUT2D eigenvalue weighted by atomic mass is 28.2. The summed E-state index contributed by atoms with van der Waals surface area (Å²) >= 11 is 0. The zero-order valence-electron chi connectivity index (χ0n) is 11.0. The van der Waals surface area contributed by atoms with E-state index >= 15 is 0 Å². The van der Waals surface area contributed by atoms with Crippen molar-refractivity contribution in [1.82, 2.24) is 0 Å². The van der Waals surface area contributed by atoms with E-state index in [2.05, 4.69) is 50.6 Å². The molecule has 0 saturated carbocycles. The van der Waals surface area contributed by atoms with Crippen LogP contribution in [0.3, 0.4) is 0 Å². The number of hydrogen-bond acceptors (Lipinski definition) is 0. The van der Waals surface area contributed by atoms with Crippen LogP contribution >= 0.6 is 0 Å². The van der Waals surface area contributed by atoms with Crippen molar-refractivity contribution >= 4 is 29.4 Å². The highest BCUT2D eigenvalue weighted by molar-refractivity contribution is 6.58. The van der Waals surface area contributed by atoms with Crippen molar-refractivity contribution in [2.24, 2.45) is 0 Å². The summed E-state index contributed by atoms with van der Waals surface area (Å²) < 4.78 is 0. The van der Waals surface area contributed by atoms with Gasteiger partial charge in [0.2, 0.25) is 0 Å². The molecule has 0 bridgehead atoms. The lowest BCUT2D eigenvalue weighted by atomic mass is 10.4. The first-order chi connectivity index (χ1) is 8.73. The van der Waals surface area contributed by atoms with Gasteiger partial charge in [-0.05, 0) is 11.1 Å². The van der Waals surface area contributed by atoms with Gasteiger partial charge in [0.25, 0.3) is 0 Å². The highest BCUT2D eigenvalue weighted by Crippen LogP contribution is 2.05. The SMILES string of the molecule is C=CC(C=C)[SiH2]c1ccc([SiH2]C(C=C)C=C)cc1.